The van der Waals surface area contributed by atoms with Gasteiger partial charge in [-0.1, -0.05) is 72.3 Å². The molecule has 5 heteroatoms. The van der Waals surface area contributed by atoms with Crippen LogP contribution < -0.4 is 5.32 Å². The van der Waals surface area contributed by atoms with Crippen LogP contribution in [-0.4, -0.2) is 19.0 Å². The van der Waals surface area contributed by atoms with E-state index >= 15 is 0 Å². The van der Waals surface area contributed by atoms with Crippen molar-refractivity contribution >= 4 is 40.8 Å². The minimum Gasteiger partial charge on any atom is -0.465 e. The van der Waals surface area contributed by atoms with E-state index in [1.54, 1.807) is 12.1 Å². The van der Waals surface area contributed by atoms with Crippen LogP contribution in [0.1, 0.15) is 21.5 Å². The molecule has 0 saturated heterocycles. The molecular weight excluding hydrogens is 374 g/mol. The molecule has 0 aliphatic rings. The van der Waals surface area contributed by atoms with Crippen LogP contribution in [0.4, 0.5) is 5.69 Å². The van der Waals surface area contributed by atoms with Crippen LogP contribution in [0.15, 0.2) is 78.9 Å². The lowest BCUT2D eigenvalue weighted by Gasteiger charge is -2.11. The molecule has 1 amide bonds. The zero-order valence-corrected chi connectivity index (χ0v) is 15.9. The molecule has 0 atom stereocenters. The number of esters is 1. The summed E-state index contributed by atoms with van der Waals surface area (Å²) >= 11 is 6.05. The number of nitrogens with one attached hydrogen (secondary N) is 1. The van der Waals surface area contributed by atoms with Gasteiger partial charge < -0.3 is 10.1 Å². The molecule has 3 aromatic carbocycles. The third-order valence-corrected chi connectivity index (χ3v) is 4.40. The molecule has 0 aromatic heterocycles. The van der Waals surface area contributed by atoms with Crippen molar-refractivity contribution in [3.8, 4) is 0 Å². The van der Waals surface area contributed by atoms with Crippen LogP contribution in [0, 0.1) is 0 Å². The van der Waals surface area contributed by atoms with Gasteiger partial charge in [0.1, 0.15) is 0 Å². The first-order valence-electron chi connectivity index (χ1n) is 8.60. The third kappa shape index (κ3) is 4.67. The number of rotatable bonds is 5. The van der Waals surface area contributed by atoms with Gasteiger partial charge in [-0.3, -0.25) is 4.79 Å². The molecule has 3 rings (SSSR count). The summed E-state index contributed by atoms with van der Waals surface area (Å²) in [5.74, 6) is -0.864. The number of anilines is 1. The second kappa shape index (κ2) is 9.02. The van der Waals surface area contributed by atoms with Gasteiger partial charge in [-0.25, -0.2) is 4.79 Å². The SMILES string of the molecule is COC(=O)c1cc(NC(=O)/C(=C/c2ccccc2)c2ccccc2)ccc1Cl. The summed E-state index contributed by atoms with van der Waals surface area (Å²) in [6.07, 6.45) is 1.82. The summed E-state index contributed by atoms with van der Waals surface area (Å²) in [5.41, 5.74) is 2.83. The Labute approximate surface area is 168 Å². The fourth-order valence-corrected chi connectivity index (χ4v) is 2.88. The topological polar surface area (TPSA) is 55.4 Å². The average molecular weight is 392 g/mol. The molecule has 0 saturated carbocycles. The Morgan fingerprint density at radius 3 is 2.21 bits per heavy atom. The Morgan fingerprint density at radius 1 is 0.929 bits per heavy atom. The van der Waals surface area contributed by atoms with Gasteiger partial charge in [-0.15, -0.1) is 0 Å². The maximum atomic E-state index is 13.0. The average Bonchev–Trinajstić information content (AvgIpc) is 2.74. The van der Waals surface area contributed by atoms with Gasteiger partial charge in [0.05, 0.1) is 17.7 Å². The summed E-state index contributed by atoms with van der Waals surface area (Å²) in [7, 11) is 1.28. The lowest BCUT2D eigenvalue weighted by molar-refractivity contribution is -0.111. The van der Waals surface area contributed by atoms with Crippen LogP contribution in [0.2, 0.25) is 5.02 Å². The van der Waals surface area contributed by atoms with Crippen molar-refractivity contribution in [1.82, 2.24) is 0 Å². The molecular formula is C23H18ClNO3. The zero-order valence-electron chi connectivity index (χ0n) is 15.2. The van der Waals surface area contributed by atoms with E-state index in [0.717, 1.165) is 11.1 Å². The minimum absolute atomic E-state index is 0.190. The van der Waals surface area contributed by atoms with Crippen molar-refractivity contribution in [1.29, 1.82) is 0 Å². The Balaban J connectivity index is 1.95. The lowest BCUT2D eigenvalue weighted by atomic mass is 10.0. The highest BCUT2D eigenvalue weighted by Crippen LogP contribution is 2.24. The first kappa shape index (κ1) is 19.4. The second-order valence-corrected chi connectivity index (χ2v) is 6.38. The van der Waals surface area contributed by atoms with Crippen molar-refractivity contribution in [2.75, 3.05) is 12.4 Å². The van der Waals surface area contributed by atoms with Crippen LogP contribution in [-0.2, 0) is 9.53 Å². The summed E-state index contributed by atoms with van der Waals surface area (Å²) in [4.78, 5) is 24.9. The summed E-state index contributed by atoms with van der Waals surface area (Å²) in [6.45, 7) is 0. The molecule has 0 aliphatic carbocycles. The predicted octanol–water partition coefficient (Wildman–Crippen LogP) is 5.31. The van der Waals surface area contributed by atoms with Crippen LogP contribution >= 0.6 is 11.6 Å². The summed E-state index contributed by atoms with van der Waals surface area (Å²) in [6, 6.07) is 23.7. The van der Waals surface area contributed by atoms with Gasteiger partial charge in [0, 0.05) is 11.3 Å². The number of carbonyl (C=O) groups is 2. The lowest BCUT2D eigenvalue weighted by Crippen LogP contribution is -2.14. The van der Waals surface area contributed by atoms with E-state index in [1.807, 2.05) is 66.7 Å². The zero-order chi connectivity index (χ0) is 19.9. The van der Waals surface area contributed by atoms with Crippen LogP contribution in [0.25, 0.3) is 11.6 Å². The quantitative estimate of drug-likeness (QED) is 0.364. The molecule has 0 radical (unpaired) electrons. The monoisotopic (exact) mass is 391 g/mol. The Hall–Kier alpha value is -3.37. The predicted molar refractivity (Wildman–Crippen MR) is 112 cm³/mol. The standard InChI is InChI=1S/C23H18ClNO3/c1-28-23(27)20-15-18(12-13-21(20)24)25-22(26)19(17-10-6-3-7-11-17)14-16-8-4-2-5-9-16/h2-15H,1H3,(H,25,26)/b19-14+. The molecule has 0 unspecified atom stereocenters. The molecule has 3 aromatic rings. The van der Waals surface area contributed by atoms with E-state index in [9.17, 15) is 9.59 Å². The molecule has 0 bridgehead atoms. The normalized spacial score (nSPS) is 11.0. The van der Waals surface area contributed by atoms with Gasteiger partial charge in [0.2, 0.25) is 0 Å². The molecule has 1 N–H and O–H groups in total. The van der Waals surface area contributed by atoms with Gasteiger partial charge in [0.25, 0.3) is 5.91 Å². The van der Waals surface area contributed by atoms with Crippen LogP contribution in [0.3, 0.4) is 0 Å². The van der Waals surface area contributed by atoms with E-state index in [2.05, 4.69) is 5.32 Å². The van der Waals surface area contributed by atoms with E-state index in [-0.39, 0.29) is 16.5 Å². The number of halogens is 1. The fourth-order valence-electron chi connectivity index (χ4n) is 2.68. The number of hydrogen-bond acceptors (Lipinski definition) is 3. The number of methoxy groups -OCH3 is 1. The van der Waals surface area contributed by atoms with Crippen LogP contribution in [0.5, 0.6) is 0 Å². The molecule has 140 valence electrons. The van der Waals surface area contributed by atoms with Crippen molar-refractivity contribution in [3.63, 3.8) is 0 Å². The van der Waals surface area contributed by atoms with Gasteiger partial charge in [-0.05, 0) is 35.4 Å². The molecule has 0 fully saturated rings. The van der Waals surface area contributed by atoms with Gasteiger partial charge >= 0.3 is 5.97 Å². The van der Waals surface area contributed by atoms with Gasteiger partial charge in [-0.2, -0.15) is 0 Å². The maximum absolute atomic E-state index is 13.0. The highest BCUT2D eigenvalue weighted by Gasteiger charge is 2.15. The number of ether oxygens (including phenoxy) is 1. The number of amides is 1. The number of hydrogen-bond donors (Lipinski definition) is 1. The molecule has 0 aliphatic heterocycles. The Bertz CT molecular complexity index is 1010. The van der Waals surface area contributed by atoms with E-state index < -0.39 is 5.97 Å². The largest absolute Gasteiger partial charge is 0.465 e. The van der Waals surface area contributed by atoms with E-state index in [1.165, 1.54) is 13.2 Å². The smallest absolute Gasteiger partial charge is 0.339 e. The summed E-state index contributed by atoms with van der Waals surface area (Å²) in [5, 5.41) is 3.09. The summed E-state index contributed by atoms with van der Waals surface area (Å²) < 4.78 is 4.73. The van der Waals surface area contributed by atoms with E-state index in [0.29, 0.717) is 11.3 Å². The van der Waals surface area contributed by atoms with Crippen molar-refractivity contribution in [3.05, 3.63) is 101 Å². The van der Waals surface area contributed by atoms with Crippen molar-refractivity contribution in [2.24, 2.45) is 0 Å². The molecule has 28 heavy (non-hydrogen) atoms. The van der Waals surface area contributed by atoms with E-state index in [4.69, 9.17) is 16.3 Å². The molecule has 0 heterocycles. The molecule has 0 spiro atoms. The van der Waals surface area contributed by atoms with Gasteiger partial charge in [0.15, 0.2) is 0 Å². The number of benzene rings is 3. The second-order valence-electron chi connectivity index (χ2n) is 5.98. The minimum atomic E-state index is -0.566. The maximum Gasteiger partial charge on any atom is 0.339 e. The van der Waals surface area contributed by atoms with Crippen molar-refractivity contribution < 1.29 is 14.3 Å². The Kier molecular flexibility index (Phi) is 6.25. The Morgan fingerprint density at radius 2 is 1.57 bits per heavy atom. The first-order chi connectivity index (χ1) is 13.6. The highest BCUT2D eigenvalue weighted by atomic mass is 35.5. The molecule has 4 nitrogen and oxygen atoms in total. The fraction of sp³-hybridized carbons (Fsp3) is 0.0435. The third-order valence-electron chi connectivity index (χ3n) is 4.07. The van der Waals surface area contributed by atoms with Crippen molar-refractivity contribution in [2.45, 2.75) is 0 Å². The highest BCUT2D eigenvalue weighted by molar-refractivity contribution is 6.34. The first-order valence-corrected chi connectivity index (χ1v) is 8.97. The number of carbonyl (C=O) groups excluding carboxylic acids is 2.